The van der Waals surface area contributed by atoms with Crippen LogP contribution in [-0.4, -0.2) is 40.6 Å². The number of rotatable bonds is 3. The number of hydrogen-bond donors (Lipinski definition) is 2. The summed E-state index contributed by atoms with van der Waals surface area (Å²) in [7, 11) is 1.37. The lowest BCUT2D eigenvalue weighted by Crippen LogP contribution is -2.31. The van der Waals surface area contributed by atoms with Gasteiger partial charge < -0.3 is 15.1 Å². The van der Waals surface area contributed by atoms with E-state index in [4.69, 9.17) is 5.11 Å². The average molecular weight is 223 g/mol. The summed E-state index contributed by atoms with van der Waals surface area (Å²) < 4.78 is 0. The van der Waals surface area contributed by atoms with Crippen molar-refractivity contribution in [1.82, 2.24) is 4.90 Å². The molecule has 1 aromatic carbocycles. The van der Waals surface area contributed by atoms with Crippen LogP contribution in [0.1, 0.15) is 15.9 Å². The molecule has 0 aliphatic carbocycles. The van der Waals surface area contributed by atoms with Crippen LogP contribution in [0.4, 0.5) is 0 Å². The van der Waals surface area contributed by atoms with Gasteiger partial charge in [0.15, 0.2) is 0 Å². The number of phenolic OH excluding ortho intramolecular Hbond substituents is 1. The van der Waals surface area contributed by atoms with Crippen LogP contribution in [-0.2, 0) is 4.79 Å². The largest absolute Gasteiger partial charge is 0.507 e. The number of hydrogen-bond acceptors (Lipinski definition) is 3. The molecule has 0 aliphatic heterocycles. The first-order valence-electron chi connectivity index (χ1n) is 4.68. The van der Waals surface area contributed by atoms with Crippen molar-refractivity contribution in [2.24, 2.45) is 0 Å². The van der Waals surface area contributed by atoms with Gasteiger partial charge in [-0.1, -0.05) is 6.07 Å². The standard InChI is InChI=1S/C11H13NO4/c1-7-3-4-8(9(13)5-7)11(16)12(2)6-10(14)15/h3-5,13H,6H2,1-2H3,(H,14,15). The minimum atomic E-state index is -1.09. The monoisotopic (exact) mass is 223 g/mol. The Kier molecular flexibility index (Phi) is 3.50. The average Bonchev–Trinajstić information content (AvgIpc) is 2.15. The molecule has 0 aromatic heterocycles. The molecule has 5 nitrogen and oxygen atoms in total. The van der Waals surface area contributed by atoms with Crippen molar-refractivity contribution in [1.29, 1.82) is 0 Å². The predicted octanol–water partition coefficient (Wildman–Crippen LogP) is 0.857. The molecule has 86 valence electrons. The van der Waals surface area contributed by atoms with E-state index in [0.717, 1.165) is 10.5 Å². The van der Waals surface area contributed by atoms with Crippen molar-refractivity contribution < 1.29 is 19.8 Å². The summed E-state index contributed by atoms with van der Waals surface area (Å²) in [5, 5.41) is 18.1. The number of aliphatic carboxylic acids is 1. The van der Waals surface area contributed by atoms with E-state index in [9.17, 15) is 14.7 Å². The SMILES string of the molecule is Cc1ccc(C(=O)N(C)CC(=O)O)c(O)c1. The number of carbonyl (C=O) groups is 2. The number of benzene rings is 1. The molecule has 1 amide bonds. The molecule has 0 unspecified atom stereocenters. The van der Waals surface area contributed by atoms with Crippen molar-refractivity contribution >= 4 is 11.9 Å². The molecule has 0 radical (unpaired) electrons. The second-order valence-corrected chi connectivity index (χ2v) is 3.58. The van der Waals surface area contributed by atoms with Gasteiger partial charge in [-0.3, -0.25) is 9.59 Å². The molecule has 1 aromatic rings. The minimum Gasteiger partial charge on any atom is -0.507 e. The van der Waals surface area contributed by atoms with Gasteiger partial charge in [-0.2, -0.15) is 0 Å². The maximum absolute atomic E-state index is 11.7. The quantitative estimate of drug-likeness (QED) is 0.796. The van der Waals surface area contributed by atoms with E-state index in [1.807, 2.05) is 0 Å². The predicted molar refractivity (Wildman–Crippen MR) is 57.4 cm³/mol. The Morgan fingerprint density at radius 1 is 1.38 bits per heavy atom. The highest BCUT2D eigenvalue weighted by Gasteiger charge is 2.17. The second kappa shape index (κ2) is 4.65. The topological polar surface area (TPSA) is 77.8 Å². The molecule has 16 heavy (non-hydrogen) atoms. The summed E-state index contributed by atoms with van der Waals surface area (Å²) in [6.07, 6.45) is 0. The van der Waals surface area contributed by atoms with Crippen LogP contribution in [0.25, 0.3) is 0 Å². The number of likely N-dealkylation sites (N-methyl/N-ethyl adjacent to an activating group) is 1. The van der Waals surface area contributed by atoms with E-state index in [0.29, 0.717) is 0 Å². The lowest BCUT2D eigenvalue weighted by atomic mass is 10.1. The third-order valence-corrected chi connectivity index (χ3v) is 2.10. The number of carboxylic acids is 1. The van der Waals surface area contributed by atoms with Gasteiger partial charge in [-0.25, -0.2) is 0 Å². The molecule has 0 bridgehead atoms. The molecule has 0 spiro atoms. The minimum absolute atomic E-state index is 0.106. The zero-order chi connectivity index (χ0) is 12.3. The summed E-state index contributed by atoms with van der Waals surface area (Å²) in [5.41, 5.74) is 0.935. The molecule has 0 heterocycles. The molecule has 0 fully saturated rings. The van der Waals surface area contributed by atoms with Gasteiger partial charge in [0, 0.05) is 7.05 Å². The number of phenols is 1. The zero-order valence-electron chi connectivity index (χ0n) is 9.10. The van der Waals surface area contributed by atoms with Crippen LogP contribution in [0, 0.1) is 6.92 Å². The maximum Gasteiger partial charge on any atom is 0.323 e. The summed E-state index contributed by atoms with van der Waals surface area (Å²) in [4.78, 5) is 23.2. The van der Waals surface area contributed by atoms with Gasteiger partial charge in [-0.15, -0.1) is 0 Å². The highest BCUT2D eigenvalue weighted by molar-refractivity contribution is 5.98. The van der Waals surface area contributed by atoms with Crippen molar-refractivity contribution in [3.63, 3.8) is 0 Å². The van der Waals surface area contributed by atoms with Gasteiger partial charge in [-0.05, 0) is 24.6 Å². The van der Waals surface area contributed by atoms with Crippen LogP contribution in [0.2, 0.25) is 0 Å². The highest BCUT2D eigenvalue weighted by atomic mass is 16.4. The molecule has 0 atom stereocenters. The van der Waals surface area contributed by atoms with Gasteiger partial charge in [0.25, 0.3) is 5.91 Å². The number of amides is 1. The third-order valence-electron chi connectivity index (χ3n) is 2.10. The fourth-order valence-corrected chi connectivity index (χ4v) is 1.30. The van der Waals surface area contributed by atoms with E-state index < -0.39 is 18.4 Å². The number of carbonyl (C=O) groups excluding carboxylic acids is 1. The summed E-state index contributed by atoms with van der Waals surface area (Å²) in [5.74, 6) is -1.75. The fourth-order valence-electron chi connectivity index (χ4n) is 1.30. The Morgan fingerprint density at radius 3 is 2.50 bits per heavy atom. The van der Waals surface area contributed by atoms with Gasteiger partial charge in [0.2, 0.25) is 0 Å². The van der Waals surface area contributed by atoms with E-state index >= 15 is 0 Å². The Labute approximate surface area is 92.9 Å². The third kappa shape index (κ3) is 2.73. The summed E-state index contributed by atoms with van der Waals surface area (Å²) in [6.45, 7) is 1.39. The van der Waals surface area contributed by atoms with Crippen molar-refractivity contribution in [2.75, 3.05) is 13.6 Å². The Balaban J connectivity index is 2.92. The van der Waals surface area contributed by atoms with Gasteiger partial charge in [0.1, 0.15) is 12.3 Å². The van der Waals surface area contributed by atoms with Crippen LogP contribution < -0.4 is 0 Å². The smallest absolute Gasteiger partial charge is 0.323 e. The maximum atomic E-state index is 11.7. The Morgan fingerprint density at radius 2 is 2.00 bits per heavy atom. The second-order valence-electron chi connectivity index (χ2n) is 3.58. The molecule has 1 rings (SSSR count). The van der Waals surface area contributed by atoms with Gasteiger partial charge in [0.05, 0.1) is 5.56 Å². The van der Waals surface area contributed by atoms with E-state index in [-0.39, 0.29) is 11.3 Å². The van der Waals surface area contributed by atoms with E-state index in [2.05, 4.69) is 0 Å². The van der Waals surface area contributed by atoms with Crippen molar-refractivity contribution in [3.8, 4) is 5.75 Å². The van der Waals surface area contributed by atoms with Crippen molar-refractivity contribution in [3.05, 3.63) is 29.3 Å². The van der Waals surface area contributed by atoms with Crippen molar-refractivity contribution in [2.45, 2.75) is 6.92 Å². The summed E-state index contributed by atoms with van der Waals surface area (Å²) >= 11 is 0. The Bertz CT molecular complexity index is 428. The zero-order valence-corrected chi connectivity index (χ0v) is 9.10. The normalized spacial score (nSPS) is 9.88. The number of aryl methyl sites for hydroxylation is 1. The molecule has 0 aliphatic rings. The van der Waals surface area contributed by atoms with Crippen LogP contribution in [0.15, 0.2) is 18.2 Å². The van der Waals surface area contributed by atoms with E-state index in [1.54, 1.807) is 13.0 Å². The van der Waals surface area contributed by atoms with Gasteiger partial charge >= 0.3 is 5.97 Å². The number of aromatic hydroxyl groups is 1. The number of carboxylic acid groups (broad SMARTS) is 1. The molecular formula is C11H13NO4. The molecule has 5 heteroatoms. The first kappa shape index (κ1) is 12.0. The lowest BCUT2D eigenvalue weighted by Gasteiger charge is -2.15. The van der Waals surface area contributed by atoms with Crippen LogP contribution in [0.5, 0.6) is 5.75 Å². The molecular weight excluding hydrogens is 210 g/mol. The summed E-state index contributed by atoms with van der Waals surface area (Å²) in [6, 6.07) is 4.62. The lowest BCUT2D eigenvalue weighted by molar-refractivity contribution is -0.137. The van der Waals surface area contributed by atoms with Crippen LogP contribution in [0.3, 0.4) is 0 Å². The van der Waals surface area contributed by atoms with E-state index in [1.165, 1.54) is 19.2 Å². The van der Waals surface area contributed by atoms with Crippen LogP contribution >= 0.6 is 0 Å². The fraction of sp³-hybridized carbons (Fsp3) is 0.273. The first-order valence-corrected chi connectivity index (χ1v) is 4.68. The highest BCUT2D eigenvalue weighted by Crippen LogP contribution is 2.19. The first-order chi connectivity index (χ1) is 7.41. The Hall–Kier alpha value is -2.04. The molecule has 0 saturated heterocycles. The number of nitrogens with zero attached hydrogens (tertiary/aromatic N) is 1. The molecule has 0 saturated carbocycles. The molecule has 2 N–H and O–H groups in total.